The highest BCUT2D eigenvalue weighted by Crippen LogP contribution is 2.37. The summed E-state index contributed by atoms with van der Waals surface area (Å²) >= 11 is 0. The summed E-state index contributed by atoms with van der Waals surface area (Å²) in [6.07, 6.45) is 9.70. The second-order valence-corrected chi connectivity index (χ2v) is 7.35. The quantitative estimate of drug-likeness (QED) is 0.859. The highest BCUT2D eigenvalue weighted by Gasteiger charge is 2.26. The Morgan fingerprint density at radius 2 is 2.15 bits per heavy atom. The van der Waals surface area contributed by atoms with Crippen molar-refractivity contribution in [2.75, 3.05) is 25.1 Å². The van der Waals surface area contributed by atoms with Crippen LogP contribution in [0.5, 0.6) is 0 Å². The van der Waals surface area contributed by atoms with Crippen LogP contribution in [0, 0.1) is 0 Å². The highest BCUT2D eigenvalue weighted by molar-refractivity contribution is 5.79. The Hall–Kier alpha value is -1.92. The number of hydrogen-bond donors (Lipinski definition) is 2. The van der Waals surface area contributed by atoms with Crippen LogP contribution in [0.4, 0.5) is 5.95 Å². The number of anilines is 1. The molecule has 0 saturated heterocycles. The molecule has 0 bridgehead atoms. The lowest BCUT2D eigenvalue weighted by Crippen LogP contribution is -2.18. The molecule has 1 fully saturated rings. The summed E-state index contributed by atoms with van der Waals surface area (Å²) in [6, 6.07) is 2.30. The molecule has 2 aliphatic rings. The third kappa shape index (κ3) is 3.48. The van der Waals surface area contributed by atoms with Crippen molar-refractivity contribution in [2.45, 2.75) is 57.5 Å². The van der Waals surface area contributed by atoms with Crippen LogP contribution in [-0.2, 0) is 4.74 Å². The molecular formula is C20H28N4O2. The number of rotatable bonds is 5. The van der Waals surface area contributed by atoms with E-state index in [1.54, 1.807) is 0 Å². The van der Waals surface area contributed by atoms with E-state index in [2.05, 4.69) is 33.9 Å². The van der Waals surface area contributed by atoms with E-state index in [-0.39, 0.29) is 6.10 Å². The molecule has 0 radical (unpaired) electrons. The monoisotopic (exact) mass is 356 g/mol. The molecule has 0 amide bonds. The number of aliphatic hydroxyl groups is 1. The van der Waals surface area contributed by atoms with Crippen LogP contribution in [0.3, 0.4) is 0 Å². The zero-order valence-electron chi connectivity index (χ0n) is 15.4. The van der Waals surface area contributed by atoms with Crippen LogP contribution in [0.1, 0.15) is 62.6 Å². The van der Waals surface area contributed by atoms with E-state index < -0.39 is 0 Å². The first-order valence-corrected chi connectivity index (χ1v) is 9.84. The molecule has 4 rings (SSSR count). The number of hydrogen-bond acceptors (Lipinski definition) is 5. The van der Waals surface area contributed by atoms with Gasteiger partial charge in [0.15, 0.2) is 0 Å². The molecule has 1 aliphatic carbocycles. The van der Waals surface area contributed by atoms with Gasteiger partial charge in [-0.25, -0.2) is 9.50 Å². The molecule has 26 heavy (non-hydrogen) atoms. The van der Waals surface area contributed by atoms with Crippen molar-refractivity contribution >= 4 is 17.0 Å². The van der Waals surface area contributed by atoms with E-state index in [4.69, 9.17) is 9.84 Å². The molecule has 2 N–H and O–H groups in total. The molecule has 6 heteroatoms. The van der Waals surface area contributed by atoms with Gasteiger partial charge in [-0.3, -0.25) is 0 Å². The maximum absolute atomic E-state index is 9.87. The Kier molecular flexibility index (Phi) is 5.22. The zero-order chi connectivity index (χ0) is 17.9. The molecule has 140 valence electrons. The summed E-state index contributed by atoms with van der Waals surface area (Å²) in [5.41, 5.74) is 4.88. The van der Waals surface area contributed by atoms with Gasteiger partial charge in [0, 0.05) is 23.7 Å². The molecule has 1 saturated carbocycles. The lowest BCUT2D eigenvalue weighted by molar-refractivity contribution is 0.121. The number of nitrogens with one attached hydrogen (secondary N) is 1. The number of nitrogens with zero attached hydrogens (tertiary/aromatic N) is 3. The number of ether oxygens (including phenoxy) is 1. The van der Waals surface area contributed by atoms with Crippen LogP contribution >= 0.6 is 0 Å². The minimum absolute atomic E-state index is 0.147. The van der Waals surface area contributed by atoms with E-state index in [9.17, 15) is 5.11 Å². The lowest BCUT2D eigenvalue weighted by atomic mass is 9.85. The van der Waals surface area contributed by atoms with Crippen LogP contribution in [0.15, 0.2) is 18.3 Å². The first-order valence-electron chi connectivity index (χ1n) is 9.84. The van der Waals surface area contributed by atoms with Crippen LogP contribution in [0.2, 0.25) is 0 Å². The van der Waals surface area contributed by atoms with Gasteiger partial charge in [0.2, 0.25) is 5.95 Å². The zero-order valence-corrected chi connectivity index (χ0v) is 15.4. The first-order chi connectivity index (χ1) is 12.8. The Labute approximate surface area is 154 Å². The van der Waals surface area contributed by atoms with Crippen LogP contribution in [-0.4, -0.2) is 45.6 Å². The van der Waals surface area contributed by atoms with Crippen molar-refractivity contribution in [1.82, 2.24) is 14.6 Å². The predicted octanol–water partition coefficient (Wildman–Crippen LogP) is 3.37. The van der Waals surface area contributed by atoms with Crippen molar-refractivity contribution in [3.05, 3.63) is 29.6 Å². The SMILES string of the molecule is CCCNc1ncc2c(C3=CCOCC3)cc(C3CCC(O)CC3)n2n1. The van der Waals surface area contributed by atoms with Gasteiger partial charge in [0.25, 0.3) is 0 Å². The number of fused-ring (bicyclic) bond motifs is 1. The summed E-state index contributed by atoms with van der Waals surface area (Å²) in [4.78, 5) is 4.53. The first kappa shape index (κ1) is 17.5. The topological polar surface area (TPSA) is 71.7 Å². The van der Waals surface area contributed by atoms with E-state index in [1.165, 1.54) is 16.8 Å². The Bertz CT molecular complexity index is 790. The normalized spacial score (nSPS) is 23.8. The second-order valence-electron chi connectivity index (χ2n) is 7.35. The fourth-order valence-electron chi connectivity index (χ4n) is 4.02. The van der Waals surface area contributed by atoms with Gasteiger partial charge in [-0.05, 0) is 50.2 Å². The standard InChI is InChI=1S/C20H28N4O2/c1-2-9-21-20-22-13-19-17(14-7-10-26-11-8-14)12-18(24(19)23-20)15-3-5-16(25)6-4-15/h7,12-13,15-16,25H,2-6,8-11H2,1H3,(H,21,23). The Balaban J connectivity index is 1.76. The van der Waals surface area contributed by atoms with Crippen molar-refractivity contribution in [2.24, 2.45) is 0 Å². The van der Waals surface area contributed by atoms with E-state index in [1.807, 2.05) is 6.20 Å². The third-order valence-electron chi connectivity index (χ3n) is 5.50. The van der Waals surface area contributed by atoms with E-state index in [0.29, 0.717) is 18.5 Å². The minimum atomic E-state index is -0.147. The molecule has 6 nitrogen and oxygen atoms in total. The van der Waals surface area contributed by atoms with Crippen molar-refractivity contribution in [3.63, 3.8) is 0 Å². The van der Waals surface area contributed by atoms with E-state index in [0.717, 1.165) is 57.2 Å². The molecular weight excluding hydrogens is 328 g/mol. The van der Waals surface area contributed by atoms with Crippen LogP contribution < -0.4 is 5.32 Å². The maximum atomic E-state index is 9.87. The van der Waals surface area contributed by atoms with Gasteiger partial charge in [0.1, 0.15) is 0 Å². The molecule has 0 unspecified atom stereocenters. The van der Waals surface area contributed by atoms with Crippen molar-refractivity contribution in [1.29, 1.82) is 0 Å². The number of aromatic nitrogens is 3. The second kappa shape index (κ2) is 7.76. The van der Waals surface area contributed by atoms with Crippen LogP contribution in [0.25, 0.3) is 11.1 Å². The largest absolute Gasteiger partial charge is 0.393 e. The average molecular weight is 356 g/mol. The van der Waals surface area contributed by atoms with E-state index >= 15 is 0 Å². The van der Waals surface area contributed by atoms with Gasteiger partial charge in [-0.15, -0.1) is 5.10 Å². The number of aliphatic hydroxyl groups excluding tert-OH is 1. The smallest absolute Gasteiger partial charge is 0.241 e. The fourth-order valence-corrected chi connectivity index (χ4v) is 4.02. The Morgan fingerprint density at radius 1 is 1.31 bits per heavy atom. The highest BCUT2D eigenvalue weighted by atomic mass is 16.5. The molecule has 0 spiro atoms. The van der Waals surface area contributed by atoms with Gasteiger partial charge >= 0.3 is 0 Å². The van der Waals surface area contributed by atoms with Gasteiger partial charge < -0.3 is 15.2 Å². The summed E-state index contributed by atoms with van der Waals surface area (Å²) < 4.78 is 7.56. The van der Waals surface area contributed by atoms with Crippen molar-refractivity contribution < 1.29 is 9.84 Å². The minimum Gasteiger partial charge on any atom is -0.393 e. The summed E-state index contributed by atoms with van der Waals surface area (Å²) in [5, 5.41) is 18.0. The predicted molar refractivity (Wildman–Crippen MR) is 102 cm³/mol. The van der Waals surface area contributed by atoms with Crippen molar-refractivity contribution in [3.8, 4) is 0 Å². The maximum Gasteiger partial charge on any atom is 0.241 e. The summed E-state index contributed by atoms with van der Waals surface area (Å²) in [6.45, 7) is 4.45. The summed E-state index contributed by atoms with van der Waals surface area (Å²) in [5.74, 6) is 1.12. The lowest BCUT2D eigenvalue weighted by Gasteiger charge is -2.25. The molecule has 2 aromatic rings. The van der Waals surface area contributed by atoms with Gasteiger partial charge in [-0.1, -0.05) is 13.0 Å². The third-order valence-corrected chi connectivity index (χ3v) is 5.50. The molecule has 0 atom stereocenters. The van der Waals surface area contributed by atoms with Gasteiger partial charge in [0.05, 0.1) is 31.0 Å². The molecule has 0 aromatic carbocycles. The fraction of sp³-hybridized carbons (Fsp3) is 0.600. The van der Waals surface area contributed by atoms with Gasteiger partial charge in [-0.2, -0.15) is 0 Å². The Morgan fingerprint density at radius 3 is 2.88 bits per heavy atom. The molecule has 2 aromatic heterocycles. The summed E-state index contributed by atoms with van der Waals surface area (Å²) in [7, 11) is 0. The molecule has 3 heterocycles. The molecule has 1 aliphatic heterocycles. The average Bonchev–Trinajstić information content (AvgIpc) is 3.06.